The van der Waals surface area contributed by atoms with Gasteiger partial charge >= 0.3 is 0 Å². The van der Waals surface area contributed by atoms with Crippen molar-refractivity contribution in [1.29, 1.82) is 0 Å². The van der Waals surface area contributed by atoms with E-state index in [-0.39, 0.29) is 0 Å². The molecule has 1 heterocycles. The highest BCUT2D eigenvalue weighted by molar-refractivity contribution is 9.10. The zero-order valence-electron chi connectivity index (χ0n) is 11.1. The van der Waals surface area contributed by atoms with Gasteiger partial charge in [0.05, 0.1) is 0 Å². The minimum absolute atomic E-state index is 0.854. The number of hydrogen-bond acceptors (Lipinski definition) is 3. The van der Waals surface area contributed by atoms with Crippen molar-refractivity contribution in [1.82, 2.24) is 10.2 Å². The van der Waals surface area contributed by atoms with Gasteiger partial charge < -0.3 is 5.32 Å². The lowest BCUT2D eigenvalue weighted by Gasteiger charge is -2.27. The van der Waals surface area contributed by atoms with Crippen LogP contribution in [0.1, 0.15) is 37.5 Å². The monoisotopic (exact) mass is 330 g/mol. The van der Waals surface area contributed by atoms with Gasteiger partial charge in [-0.05, 0) is 41.4 Å². The summed E-state index contributed by atoms with van der Waals surface area (Å²) in [5.41, 5.74) is 0. The summed E-state index contributed by atoms with van der Waals surface area (Å²) in [5, 5.41) is 5.70. The van der Waals surface area contributed by atoms with Gasteiger partial charge in [0.2, 0.25) is 0 Å². The third kappa shape index (κ3) is 4.34. The maximum absolute atomic E-state index is 3.55. The Labute approximate surface area is 123 Å². The standard InChI is InChI=1S/C14H23BrN2S/c1-2-17(13-5-3-4-6-13)8-7-16-10-14-9-12(15)11-18-14/h9,11,13,16H,2-8,10H2,1H3. The first kappa shape index (κ1) is 14.5. The first-order valence-electron chi connectivity index (χ1n) is 6.97. The molecule has 1 fully saturated rings. The highest BCUT2D eigenvalue weighted by Gasteiger charge is 2.20. The van der Waals surface area contributed by atoms with Crippen molar-refractivity contribution in [2.75, 3.05) is 19.6 Å². The van der Waals surface area contributed by atoms with Crippen LogP contribution >= 0.6 is 27.3 Å². The van der Waals surface area contributed by atoms with E-state index >= 15 is 0 Å². The van der Waals surface area contributed by atoms with E-state index in [1.165, 1.54) is 48.1 Å². The second kappa shape index (κ2) is 7.63. The van der Waals surface area contributed by atoms with E-state index < -0.39 is 0 Å². The van der Waals surface area contributed by atoms with Gasteiger partial charge in [-0.3, -0.25) is 4.90 Å². The minimum atomic E-state index is 0.854. The summed E-state index contributed by atoms with van der Waals surface area (Å²) in [5.74, 6) is 0. The van der Waals surface area contributed by atoms with Gasteiger partial charge in [-0.2, -0.15) is 0 Å². The van der Waals surface area contributed by atoms with Crippen molar-refractivity contribution in [3.8, 4) is 0 Å². The summed E-state index contributed by atoms with van der Waals surface area (Å²) in [7, 11) is 0. The second-order valence-corrected chi connectivity index (χ2v) is 6.89. The van der Waals surface area contributed by atoms with E-state index in [0.29, 0.717) is 0 Å². The molecule has 0 amide bonds. The Kier molecular flexibility index (Phi) is 6.15. The number of nitrogens with one attached hydrogen (secondary N) is 1. The average molecular weight is 331 g/mol. The van der Waals surface area contributed by atoms with Crippen LogP contribution in [0.3, 0.4) is 0 Å². The third-order valence-electron chi connectivity index (χ3n) is 3.74. The molecule has 0 aliphatic heterocycles. The number of likely N-dealkylation sites (N-methyl/N-ethyl adjacent to an activating group) is 1. The summed E-state index contributed by atoms with van der Waals surface area (Å²) in [6.45, 7) is 6.76. The quantitative estimate of drug-likeness (QED) is 0.763. The van der Waals surface area contributed by atoms with Crippen LogP contribution in [0.4, 0.5) is 0 Å². The van der Waals surface area contributed by atoms with Crippen LogP contribution in [-0.4, -0.2) is 30.6 Å². The molecule has 0 aromatic carbocycles. The first-order valence-corrected chi connectivity index (χ1v) is 8.64. The first-order chi connectivity index (χ1) is 8.79. The van der Waals surface area contributed by atoms with Gasteiger partial charge in [-0.25, -0.2) is 0 Å². The van der Waals surface area contributed by atoms with Crippen molar-refractivity contribution >= 4 is 27.3 Å². The zero-order chi connectivity index (χ0) is 12.8. The predicted molar refractivity (Wildman–Crippen MR) is 83.2 cm³/mol. The van der Waals surface area contributed by atoms with Crippen LogP contribution in [0.15, 0.2) is 15.9 Å². The predicted octanol–water partition coefficient (Wildman–Crippen LogP) is 3.86. The SMILES string of the molecule is CCN(CCNCc1cc(Br)cs1)C1CCCC1. The molecule has 0 spiro atoms. The number of thiophene rings is 1. The molecule has 1 aromatic rings. The van der Waals surface area contributed by atoms with Gasteiger partial charge in [0.25, 0.3) is 0 Å². The van der Waals surface area contributed by atoms with Gasteiger partial charge in [0.15, 0.2) is 0 Å². The fourth-order valence-corrected chi connectivity index (χ4v) is 4.17. The zero-order valence-corrected chi connectivity index (χ0v) is 13.5. The second-order valence-electron chi connectivity index (χ2n) is 4.97. The summed E-state index contributed by atoms with van der Waals surface area (Å²) >= 11 is 5.31. The van der Waals surface area contributed by atoms with E-state index in [0.717, 1.165) is 19.1 Å². The summed E-state index contributed by atoms with van der Waals surface area (Å²) in [6.07, 6.45) is 5.67. The Hall–Kier alpha value is 0.1000. The molecule has 0 saturated heterocycles. The van der Waals surface area contributed by atoms with Crippen molar-refractivity contribution in [2.45, 2.75) is 45.2 Å². The molecule has 102 valence electrons. The van der Waals surface area contributed by atoms with Gasteiger partial charge in [-0.1, -0.05) is 19.8 Å². The Balaban J connectivity index is 1.64. The number of hydrogen-bond donors (Lipinski definition) is 1. The Morgan fingerprint density at radius 2 is 2.22 bits per heavy atom. The average Bonchev–Trinajstić information content (AvgIpc) is 3.01. The Morgan fingerprint density at radius 3 is 2.83 bits per heavy atom. The van der Waals surface area contributed by atoms with E-state index in [4.69, 9.17) is 0 Å². The fourth-order valence-electron chi connectivity index (χ4n) is 2.75. The fraction of sp³-hybridized carbons (Fsp3) is 0.714. The van der Waals surface area contributed by atoms with E-state index in [1.54, 1.807) is 0 Å². The molecular weight excluding hydrogens is 308 g/mol. The molecule has 0 atom stereocenters. The summed E-state index contributed by atoms with van der Waals surface area (Å²) in [6, 6.07) is 3.05. The van der Waals surface area contributed by atoms with Gasteiger partial charge in [-0.15, -0.1) is 11.3 Å². The van der Waals surface area contributed by atoms with Crippen molar-refractivity contribution < 1.29 is 0 Å². The van der Waals surface area contributed by atoms with Gasteiger partial charge in [0, 0.05) is 40.4 Å². The Bertz CT molecular complexity index is 347. The molecule has 2 rings (SSSR count). The lowest BCUT2D eigenvalue weighted by atomic mass is 10.2. The number of halogens is 1. The maximum Gasteiger partial charge on any atom is 0.0300 e. The van der Waals surface area contributed by atoms with Crippen LogP contribution in [0.2, 0.25) is 0 Å². The van der Waals surface area contributed by atoms with Crippen LogP contribution in [0.5, 0.6) is 0 Å². The summed E-state index contributed by atoms with van der Waals surface area (Å²) < 4.78 is 1.20. The molecule has 0 bridgehead atoms. The summed E-state index contributed by atoms with van der Waals surface area (Å²) in [4.78, 5) is 4.05. The topological polar surface area (TPSA) is 15.3 Å². The normalized spacial score (nSPS) is 16.8. The molecule has 1 saturated carbocycles. The number of nitrogens with zero attached hydrogens (tertiary/aromatic N) is 1. The van der Waals surface area contributed by atoms with Crippen molar-refractivity contribution in [3.63, 3.8) is 0 Å². The van der Waals surface area contributed by atoms with Crippen molar-refractivity contribution in [3.05, 3.63) is 20.8 Å². The highest BCUT2D eigenvalue weighted by atomic mass is 79.9. The molecule has 1 aliphatic carbocycles. The molecule has 0 unspecified atom stereocenters. The molecule has 18 heavy (non-hydrogen) atoms. The minimum Gasteiger partial charge on any atom is -0.311 e. The number of rotatable bonds is 7. The largest absolute Gasteiger partial charge is 0.311 e. The van der Waals surface area contributed by atoms with Crippen LogP contribution in [-0.2, 0) is 6.54 Å². The van der Waals surface area contributed by atoms with Crippen molar-refractivity contribution in [2.24, 2.45) is 0 Å². The molecule has 2 nitrogen and oxygen atoms in total. The van der Waals surface area contributed by atoms with Crippen LogP contribution < -0.4 is 5.32 Å². The van der Waals surface area contributed by atoms with Crippen LogP contribution in [0.25, 0.3) is 0 Å². The molecule has 4 heteroatoms. The third-order valence-corrected chi connectivity index (χ3v) is 5.44. The molecule has 1 N–H and O–H groups in total. The molecule has 1 aromatic heterocycles. The molecular formula is C14H23BrN2S. The van der Waals surface area contributed by atoms with Crippen LogP contribution in [0, 0.1) is 0 Å². The molecule has 1 aliphatic rings. The highest BCUT2D eigenvalue weighted by Crippen LogP contribution is 2.23. The van der Waals surface area contributed by atoms with E-state index in [2.05, 4.69) is 44.5 Å². The smallest absolute Gasteiger partial charge is 0.0300 e. The van der Waals surface area contributed by atoms with E-state index in [9.17, 15) is 0 Å². The lowest BCUT2D eigenvalue weighted by Crippen LogP contribution is -2.38. The van der Waals surface area contributed by atoms with E-state index in [1.807, 2.05) is 11.3 Å². The lowest BCUT2D eigenvalue weighted by molar-refractivity contribution is 0.209. The van der Waals surface area contributed by atoms with Gasteiger partial charge in [0.1, 0.15) is 0 Å². The maximum atomic E-state index is 3.55. The molecule has 0 radical (unpaired) electrons. The Morgan fingerprint density at radius 1 is 1.44 bits per heavy atom.